The predicted octanol–water partition coefficient (Wildman–Crippen LogP) is 1.27. The SMILES string of the molecule is Nc1ccnc(NCC(O)c2ccsc2)n1. The van der Waals surface area contributed by atoms with Crippen LogP contribution in [-0.4, -0.2) is 21.6 Å². The van der Waals surface area contributed by atoms with Crippen molar-refractivity contribution in [2.45, 2.75) is 6.10 Å². The molecule has 2 heterocycles. The molecule has 1 unspecified atom stereocenters. The lowest BCUT2D eigenvalue weighted by atomic mass is 10.2. The first kappa shape index (κ1) is 10.8. The molecule has 5 nitrogen and oxygen atoms in total. The molecule has 0 radical (unpaired) electrons. The van der Waals surface area contributed by atoms with Crippen molar-refractivity contribution in [3.8, 4) is 0 Å². The van der Waals surface area contributed by atoms with Gasteiger partial charge in [-0.1, -0.05) is 0 Å². The molecule has 0 saturated carbocycles. The fourth-order valence-electron chi connectivity index (χ4n) is 1.23. The first-order valence-corrected chi connectivity index (χ1v) is 5.72. The van der Waals surface area contributed by atoms with E-state index >= 15 is 0 Å². The van der Waals surface area contributed by atoms with Crippen LogP contribution in [0.2, 0.25) is 0 Å². The van der Waals surface area contributed by atoms with Gasteiger partial charge in [0.1, 0.15) is 5.82 Å². The van der Waals surface area contributed by atoms with Gasteiger partial charge < -0.3 is 16.2 Å². The normalized spacial score (nSPS) is 12.3. The summed E-state index contributed by atoms with van der Waals surface area (Å²) < 4.78 is 0. The molecule has 0 aliphatic rings. The van der Waals surface area contributed by atoms with Crippen LogP contribution in [0.4, 0.5) is 11.8 Å². The molecule has 0 aromatic carbocycles. The summed E-state index contributed by atoms with van der Waals surface area (Å²) in [6.07, 6.45) is 1.01. The number of nitrogens with two attached hydrogens (primary N) is 1. The molecule has 2 rings (SSSR count). The van der Waals surface area contributed by atoms with Crippen molar-refractivity contribution in [2.75, 3.05) is 17.6 Å². The van der Waals surface area contributed by atoms with Crippen LogP contribution in [0.5, 0.6) is 0 Å². The van der Waals surface area contributed by atoms with E-state index < -0.39 is 6.10 Å². The van der Waals surface area contributed by atoms with E-state index in [1.54, 1.807) is 23.6 Å². The Morgan fingerprint density at radius 1 is 1.50 bits per heavy atom. The first-order valence-electron chi connectivity index (χ1n) is 4.78. The van der Waals surface area contributed by atoms with Gasteiger partial charge in [-0.05, 0) is 28.5 Å². The number of nitrogen functional groups attached to an aromatic ring is 1. The van der Waals surface area contributed by atoms with Crippen LogP contribution in [0, 0.1) is 0 Å². The van der Waals surface area contributed by atoms with Gasteiger partial charge >= 0.3 is 0 Å². The standard InChI is InChI=1S/C10H12N4OS/c11-9-1-3-12-10(14-9)13-5-8(15)7-2-4-16-6-7/h1-4,6,8,15H,5H2,(H3,11,12,13,14). The van der Waals surface area contributed by atoms with Crippen molar-refractivity contribution < 1.29 is 5.11 Å². The van der Waals surface area contributed by atoms with Crippen molar-refractivity contribution in [3.05, 3.63) is 34.7 Å². The summed E-state index contributed by atoms with van der Waals surface area (Å²) in [4.78, 5) is 7.96. The highest BCUT2D eigenvalue weighted by molar-refractivity contribution is 7.07. The van der Waals surface area contributed by atoms with Gasteiger partial charge in [-0.15, -0.1) is 0 Å². The van der Waals surface area contributed by atoms with Crippen LogP contribution < -0.4 is 11.1 Å². The van der Waals surface area contributed by atoms with Crippen LogP contribution in [0.15, 0.2) is 29.1 Å². The fourth-order valence-corrected chi connectivity index (χ4v) is 1.94. The average Bonchev–Trinajstić information content (AvgIpc) is 2.79. The zero-order valence-electron chi connectivity index (χ0n) is 8.50. The molecule has 0 aliphatic carbocycles. The quantitative estimate of drug-likeness (QED) is 0.744. The van der Waals surface area contributed by atoms with Gasteiger partial charge in [0.25, 0.3) is 0 Å². The lowest BCUT2D eigenvalue weighted by molar-refractivity contribution is 0.192. The smallest absolute Gasteiger partial charge is 0.224 e. The second kappa shape index (κ2) is 4.91. The van der Waals surface area contributed by atoms with E-state index in [0.717, 1.165) is 5.56 Å². The molecule has 84 valence electrons. The van der Waals surface area contributed by atoms with Crippen molar-refractivity contribution in [2.24, 2.45) is 0 Å². The van der Waals surface area contributed by atoms with Crippen LogP contribution in [0.3, 0.4) is 0 Å². The van der Waals surface area contributed by atoms with Crippen LogP contribution in [0.25, 0.3) is 0 Å². The van der Waals surface area contributed by atoms with Gasteiger partial charge in [-0.2, -0.15) is 16.3 Å². The van der Waals surface area contributed by atoms with E-state index in [-0.39, 0.29) is 0 Å². The molecule has 2 aromatic rings. The minimum atomic E-state index is -0.559. The molecule has 0 spiro atoms. The molecule has 0 bridgehead atoms. The summed E-state index contributed by atoms with van der Waals surface area (Å²) in [6, 6.07) is 3.50. The van der Waals surface area contributed by atoms with Crippen LogP contribution in [0.1, 0.15) is 11.7 Å². The zero-order valence-corrected chi connectivity index (χ0v) is 9.31. The molecule has 0 saturated heterocycles. The predicted molar refractivity (Wildman–Crippen MR) is 64.2 cm³/mol. The highest BCUT2D eigenvalue weighted by atomic mass is 32.1. The summed E-state index contributed by atoms with van der Waals surface area (Å²) in [7, 11) is 0. The summed E-state index contributed by atoms with van der Waals surface area (Å²) in [5.74, 6) is 0.830. The molecule has 1 atom stereocenters. The minimum absolute atomic E-state index is 0.361. The fraction of sp³-hybridized carbons (Fsp3) is 0.200. The Labute approximate surface area is 97.0 Å². The monoisotopic (exact) mass is 236 g/mol. The lowest BCUT2D eigenvalue weighted by Crippen LogP contribution is -2.13. The molecule has 6 heteroatoms. The Hall–Kier alpha value is -1.66. The third-order valence-corrected chi connectivity index (χ3v) is 2.76. The number of thiophene rings is 1. The Morgan fingerprint density at radius 2 is 2.38 bits per heavy atom. The number of nitrogens with one attached hydrogen (secondary N) is 1. The lowest BCUT2D eigenvalue weighted by Gasteiger charge is -2.10. The van der Waals surface area contributed by atoms with Crippen LogP contribution >= 0.6 is 11.3 Å². The minimum Gasteiger partial charge on any atom is -0.387 e. The second-order valence-corrected chi connectivity index (χ2v) is 4.04. The third-order valence-electron chi connectivity index (χ3n) is 2.06. The Balaban J connectivity index is 1.92. The summed E-state index contributed by atoms with van der Waals surface area (Å²) in [5.41, 5.74) is 6.40. The zero-order chi connectivity index (χ0) is 11.4. The number of anilines is 2. The summed E-state index contributed by atoms with van der Waals surface area (Å²) in [5, 5.41) is 16.6. The summed E-state index contributed by atoms with van der Waals surface area (Å²) >= 11 is 1.55. The van der Waals surface area contributed by atoms with Gasteiger partial charge in [0, 0.05) is 12.7 Å². The number of rotatable bonds is 4. The van der Waals surface area contributed by atoms with Gasteiger partial charge in [0.15, 0.2) is 0 Å². The Bertz CT molecular complexity index is 446. The second-order valence-electron chi connectivity index (χ2n) is 3.26. The van der Waals surface area contributed by atoms with E-state index in [1.807, 2.05) is 16.8 Å². The largest absolute Gasteiger partial charge is 0.387 e. The maximum atomic E-state index is 9.80. The van der Waals surface area contributed by atoms with E-state index in [9.17, 15) is 5.11 Å². The van der Waals surface area contributed by atoms with Crippen molar-refractivity contribution in [3.63, 3.8) is 0 Å². The van der Waals surface area contributed by atoms with E-state index in [2.05, 4.69) is 15.3 Å². The summed E-state index contributed by atoms with van der Waals surface area (Å²) in [6.45, 7) is 0.361. The van der Waals surface area contributed by atoms with Crippen molar-refractivity contribution in [1.82, 2.24) is 9.97 Å². The van der Waals surface area contributed by atoms with E-state index in [0.29, 0.717) is 18.3 Å². The average molecular weight is 236 g/mol. The number of aliphatic hydroxyl groups is 1. The van der Waals surface area contributed by atoms with Crippen molar-refractivity contribution in [1.29, 1.82) is 0 Å². The van der Waals surface area contributed by atoms with Gasteiger partial charge in [-0.3, -0.25) is 0 Å². The molecule has 0 fully saturated rings. The van der Waals surface area contributed by atoms with Gasteiger partial charge in [-0.25, -0.2) is 4.98 Å². The Kier molecular flexibility index (Phi) is 3.33. The van der Waals surface area contributed by atoms with Gasteiger partial charge in [0.2, 0.25) is 5.95 Å². The topological polar surface area (TPSA) is 84.1 Å². The Morgan fingerprint density at radius 3 is 3.06 bits per heavy atom. The maximum absolute atomic E-state index is 9.80. The number of nitrogens with zero attached hydrogens (tertiary/aromatic N) is 2. The van der Waals surface area contributed by atoms with Crippen LogP contribution in [-0.2, 0) is 0 Å². The molecule has 16 heavy (non-hydrogen) atoms. The highest BCUT2D eigenvalue weighted by Crippen LogP contribution is 2.16. The molecule has 0 aliphatic heterocycles. The molecule has 4 N–H and O–H groups in total. The number of aromatic nitrogens is 2. The number of hydrogen-bond acceptors (Lipinski definition) is 6. The third kappa shape index (κ3) is 2.68. The first-order chi connectivity index (χ1) is 7.75. The highest BCUT2D eigenvalue weighted by Gasteiger charge is 2.07. The van der Waals surface area contributed by atoms with Gasteiger partial charge in [0.05, 0.1) is 6.10 Å². The molecular weight excluding hydrogens is 224 g/mol. The van der Waals surface area contributed by atoms with Crippen molar-refractivity contribution >= 4 is 23.1 Å². The number of hydrogen-bond donors (Lipinski definition) is 3. The van der Waals surface area contributed by atoms with E-state index in [1.165, 1.54) is 0 Å². The molecular formula is C10H12N4OS. The number of aliphatic hydroxyl groups excluding tert-OH is 1. The molecule has 2 aromatic heterocycles. The van der Waals surface area contributed by atoms with E-state index in [4.69, 9.17) is 5.73 Å². The molecule has 0 amide bonds. The maximum Gasteiger partial charge on any atom is 0.224 e.